The van der Waals surface area contributed by atoms with Crippen molar-refractivity contribution >= 4 is 5.91 Å². The van der Waals surface area contributed by atoms with Gasteiger partial charge in [-0.25, -0.2) is 14.6 Å². The van der Waals surface area contributed by atoms with Crippen LogP contribution >= 0.6 is 0 Å². The highest BCUT2D eigenvalue weighted by Crippen LogP contribution is 2.18. The van der Waals surface area contributed by atoms with Crippen molar-refractivity contribution in [1.29, 1.82) is 0 Å². The Morgan fingerprint density at radius 3 is 2.41 bits per heavy atom. The SMILES string of the molecule is Cc1cc(C)nc(-n2nc(C)c(CC(=O)N(C)Cc3cnn(C)c3)c2C)n1. The second-order valence-corrected chi connectivity index (χ2v) is 6.96. The Kier molecular flexibility index (Phi) is 5.07. The first-order chi connectivity index (χ1) is 12.7. The third kappa shape index (κ3) is 4.05. The number of carbonyl (C=O) groups is 1. The lowest BCUT2D eigenvalue weighted by Gasteiger charge is -2.16. The molecule has 0 fully saturated rings. The van der Waals surface area contributed by atoms with E-state index in [2.05, 4.69) is 20.2 Å². The van der Waals surface area contributed by atoms with E-state index in [9.17, 15) is 4.79 Å². The summed E-state index contributed by atoms with van der Waals surface area (Å²) in [7, 11) is 3.67. The molecule has 3 aromatic heterocycles. The maximum atomic E-state index is 12.7. The summed E-state index contributed by atoms with van der Waals surface area (Å²) in [6, 6.07) is 1.92. The van der Waals surface area contributed by atoms with Crippen LogP contribution in [0.4, 0.5) is 0 Å². The highest BCUT2D eigenvalue weighted by Gasteiger charge is 2.19. The fourth-order valence-electron chi connectivity index (χ4n) is 3.13. The topological polar surface area (TPSA) is 81.7 Å². The molecule has 0 aromatic carbocycles. The van der Waals surface area contributed by atoms with E-state index in [1.54, 1.807) is 27.5 Å². The summed E-state index contributed by atoms with van der Waals surface area (Å²) in [6.45, 7) is 8.25. The van der Waals surface area contributed by atoms with E-state index in [4.69, 9.17) is 0 Å². The highest BCUT2D eigenvalue weighted by molar-refractivity contribution is 5.79. The molecule has 0 saturated carbocycles. The van der Waals surface area contributed by atoms with Crippen molar-refractivity contribution in [3.8, 4) is 5.95 Å². The molecule has 0 unspecified atom stereocenters. The van der Waals surface area contributed by atoms with E-state index in [-0.39, 0.29) is 5.91 Å². The molecule has 0 radical (unpaired) electrons. The largest absolute Gasteiger partial charge is 0.341 e. The number of carbonyl (C=O) groups excluding carboxylic acids is 1. The maximum Gasteiger partial charge on any atom is 0.251 e. The number of aromatic nitrogens is 6. The second kappa shape index (κ2) is 7.30. The number of aryl methyl sites for hydroxylation is 4. The first kappa shape index (κ1) is 18.8. The van der Waals surface area contributed by atoms with E-state index >= 15 is 0 Å². The Balaban J connectivity index is 1.81. The summed E-state index contributed by atoms with van der Waals surface area (Å²) < 4.78 is 3.45. The van der Waals surface area contributed by atoms with Crippen molar-refractivity contribution in [2.45, 2.75) is 40.7 Å². The zero-order valence-electron chi connectivity index (χ0n) is 16.7. The lowest BCUT2D eigenvalue weighted by Crippen LogP contribution is -2.28. The zero-order chi connectivity index (χ0) is 19.7. The van der Waals surface area contributed by atoms with Gasteiger partial charge >= 0.3 is 0 Å². The summed E-state index contributed by atoms with van der Waals surface area (Å²) in [5, 5.41) is 8.71. The molecule has 0 aliphatic carbocycles. The van der Waals surface area contributed by atoms with Gasteiger partial charge in [0.05, 0.1) is 18.3 Å². The monoisotopic (exact) mass is 367 g/mol. The number of likely N-dealkylation sites (N-methyl/N-ethyl adjacent to an activating group) is 1. The summed E-state index contributed by atoms with van der Waals surface area (Å²) >= 11 is 0. The minimum Gasteiger partial charge on any atom is -0.341 e. The highest BCUT2D eigenvalue weighted by atomic mass is 16.2. The average molecular weight is 367 g/mol. The Labute approximate surface area is 158 Å². The molecule has 0 aliphatic rings. The molecule has 3 aromatic rings. The van der Waals surface area contributed by atoms with Crippen molar-refractivity contribution < 1.29 is 4.79 Å². The van der Waals surface area contributed by atoms with Crippen LogP contribution in [0.3, 0.4) is 0 Å². The first-order valence-corrected chi connectivity index (χ1v) is 8.84. The smallest absolute Gasteiger partial charge is 0.251 e. The predicted molar refractivity (Wildman–Crippen MR) is 101 cm³/mol. The number of rotatable bonds is 5. The molecular weight excluding hydrogens is 342 g/mol. The van der Waals surface area contributed by atoms with Crippen LogP contribution in [0.25, 0.3) is 5.95 Å². The molecule has 0 spiro atoms. The van der Waals surface area contributed by atoms with Gasteiger partial charge in [0.15, 0.2) is 0 Å². The summed E-state index contributed by atoms with van der Waals surface area (Å²) in [5.74, 6) is 0.571. The van der Waals surface area contributed by atoms with E-state index in [0.717, 1.165) is 33.9 Å². The van der Waals surface area contributed by atoms with Crippen LogP contribution in [0.15, 0.2) is 18.5 Å². The molecule has 0 atom stereocenters. The minimum atomic E-state index is 0.0333. The van der Waals surface area contributed by atoms with Crippen LogP contribution in [-0.4, -0.2) is 47.4 Å². The number of hydrogen-bond acceptors (Lipinski definition) is 5. The van der Waals surface area contributed by atoms with Gasteiger partial charge in [0.1, 0.15) is 0 Å². The zero-order valence-corrected chi connectivity index (χ0v) is 16.7. The summed E-state index contributed by atoms with van der Waals surface area (Å²) in [5.41, 5.74) is 5.40. The van der Waals surface area contributed by atoms with Crippen molar-refractivity contribution in [3.05, 3.63) is 52.4 Å². The van der Waals surface area contributed by atoms with E-state index < -0.39 is 0 Å². The van der Waals surface area contributed by atoms with E-state index in [0.29, 0.717) is 18.9 Å². The molecule has 3 rings (SSSR count). The maximum absolute atomic E-state index is 12.7. The van der Waals surface area contributed by atoms with Crippen LogP contribution in [0.2, 0.25) is 0 Å². The van der Waals surface area contributed by atoms with Gasteiger partial charge < -0.3 is 4.90 Å². The van der Waals surface area contributed by atoms with Gasteiger partial charge in [-0.1, -0.05) is 0 Å². The van der Waals surface area contributed by atoms with Gasteiger partial charge in [0.2, 0.25) is 5.91 Å². The lowest BCUT2D eigenvalue weighted by atomic mass is 10.1. The van der Waals surface area contributed by atoms with Gasteiger partial charge in [0.25, 0.3) is 5.95 Å². The van der Waals surface area contributed by atoms with Crippen LogP contribution in [-0.2, 0) is 24.8 Å². The Hall–Kier alpha value is -3.03. The number of amides is 1. The van der Waals surface area contributed by atoms with Crippen molar-refractivity contribution in [2.24, 2.45) is 7.05 Å². The molecule has 3 heterocycles. The van der Waals surface area contributed by atoms with Gasteiger partial charge in [-0.05, 0) is 33.8 Å². The lowest BCUT2D eigenvalue weighted by molar-refractivity contribution is -0.129. The standard InChI is InChI=1S/C19H25N7O/c1-12-7-13(2)22-19(21-12)26-15(4)17(14(3)23-26)8-18(27)24(5)10-16-9-20-25(6)11-16/h7,9,11H,8,10H2,1-6H3. The molecule has 1 amide bonds. The molecule has 142 valence electrons. The molecule has 8 nitrogen and oxygen atoms in total. The van der Waals surface area contributed by atoms with Gasteiger partial charge in [-0.3, -0.25) is 9.48 Å². The Bertz CT molecular complexity index is 966. The number of nitrogens with zero attached hydrogens (tertiary/aromatic N) is 7. The van der Waals surface area contributed by atoms with Gasteiger partial charge in [-0.15, -0.1) is 0 Å². The van der Waals surface area contributed by atoms with Gasteiger partial charge in [0, 0.05) is 55.0 Å². The molecule has 8 heteroatoms. The van der Waals surface area contributed by atoms with Crippen molar-refractivity contribution in [1.82, 2.24) is 34.4 Å². The average Bonchev–Trinajstić information content (AvgIpc) is 3.11. The van der Waals surface area contributed by atoms with Crippen molar-refractivity contribution in [3.63, 3.8) is 0 Å². The third-order valence-electron chi connectivity index (χ3n) is 4.53. The summed E-state index contributed by atoms with van der Waals surface area (Å²) in [4.78, 5) is 23.4. The first-order valence-electron chi connectivity index (χ1n) is 8.84. The van der Waals surface area contributed by atoms with Gasteiger partial charge in [-0.2, -0.15) is 10.2 Å². The third-order valence-corrected chi connectivity index (χ3v) is 4.53. The normalized spacial score (nSPS) is 11.0. The molecule has 0 aliphatic heterocycles. The minimum absolute atomic E-state index is 0.0333. The molecule has 0 N–H and O–H groups in total. The number of hydrogen-bond donors (Lipinski definition) is 0. The quantitative estimate of drug-likeness (QED) is 0.687. The van der Waals surface area contributed by atoms with Crippen LogP contribution in [0.1, 0.15) is 33.9 Å². The van der Waals surface area contributed by atoms with E-state index in [1.165, 1.54) is 0 Å². The predicted octanol–water partition coefficient (Wildman–Crippen LogP) is 1.83. The second-order valence-electron chi connectivity index (χ2n) is 6.96. The van der Waals surface area contributed by atoms with Crippen LogP contribution in [0, 0.1) is 27.7 Å². The summed E-state index contributed by atoms with van der Waals surface area (Å²) in [6.07, 6.45) is 3.98. The molecular formula is C19H25N7O. The fourth-order valence-corrected chi connectivity index (χ4v) is 3.13. The molecule has 0 bridgehead atoms. The fraction of sp³-hybridized carbons (Fsp3) is 0.421. The molecule has 27 heavy (non-hydrogen) atoms. The van der Waals surface area contributed by atoms with Crippen molar-refractivity contribution in [2.75, 3.05) is 7.05 Å². The van der Waals surface area contributed by atoms with E-state index in [1.807, 2.05) is 47.0 Å². The molecule has 0 saturated heterocycles. The van der Waals surface area contributed by atoms with Crippen LogP contribution < -0.4 is 0 Å². The Morgan fingerprint density at radius 2 is 1.81 bits per heavy atom. The Morgan fingerprint density at radius 1 is 1.15 bits per heavy atom. The van der Waals surface area contributed by atoms with Crippen LogP contribution in [0.5, 0.6) is 0 Å².